The van der Waals surface area contributed by atoms with Crippen molar-refractivity contribution in [3.8, 4) is 5.75 Å². The zero-order valence-corrected chi connectivity index (χ0v) is 14.2. The van der Waals surface area contributed by atoms with Gasteiger partial charge in [-0.25, -0.2) is 9.37 Å². The second-order valence-electron chi connectivity index (χ2n) is 4.97. The van der Waals surface area contributed by atoms with Crippen LogP contribution in [0.15, 0.2) is 36.4 Å². The minimum atomic E-state index is -3.00. The fourth-order valence-electron chi connectivity index (χ4n) is 2.47. The Hall–Kier alpha value is -1.77. The van der Waals surface area contributed by atoms with Gasteiger partial charge in [-0.15, -0.1) is 0 Å². The molecule has 3 rings (SSSR count). The number of imidazole rings is 1. The predicted octanol–water partition coefficient (Wildman–Crippen LogP) is 4.74. The second-order valence-corrected chi connectivity index (χ2v) is 6.22. The van der Waals surface area contributed by atoms with Crippen LogP contribution in [-0.2, 0) is 6.54 Å². The van der Waals surface area contributed by atoms with Crippen molar-refractivity contribution in [2.24, 2.45) is 0 Å². The molecule has 0 N–H and O–H groups in total. The van der Waals surface area contributed by atoms with Gasteiger partial charge in [0.05, 0.1) is 17.6 Å². The summed E-state index contributed by atoms with van der Waals surface area (Å²) >= 11 is 2.18. The number of fused-ring (bicyclic) bond motifs is 1. The first kappa shape index (κ1) is 16.1. The van der Waals surface area contributed by atoms with Crippen LogP contribution in [-0.4, -0.2) is 16.2 Å². The van der Waals surface area contributed by atoms with E-state index in [0.717, 1.165) is 14.6 Å². The van der Waals surface area contributed by atoms with Crippen molar-refractivity contribution in [3.63, 3.8) is 0 Å². The molecule has 0 unspecified atom stereocenters. The monoisotopic (exact) mass is 432 g/mol. The van der Waals surface area contributed by atoms with Crippen LogP contribution in [0.25, 0.3) is 11.0 Å². The molecule has 0 saturated carbocycles. The van der Waals surface area contributed by atoms with E-state index in [2.05, 4.69) is 32.3 Å². The Balaban J connectivity index is 2.09. The van der Waals surface area contributed by atoms with E-state index in [9.17, 15) is 13.2 Å². The van der Waals surface area contributed by atoms with Crippen LogP contribution in [0.3, 0.4) is 0 Å². The lowest BCUT2D eigenvalue weighted by Gasteiger charge is -2.13. The number of ether oxygens (including phenoxy) is 1. The summed E-state index contributed by atoms with van der Waals surface area (Å²) in [6.07, 6.45) is 0. The smallest absolute Gasteiger partial charge is 0.387 e. The molecule has 0 aliphatic heterocycles. The number of hydrogen-bond donors (Lipinski definition) is 0. The molecule has 1 heterocycles. The molecule has 0 radical (unpaired) electrons. The summed E-state index contributed by atoms with van der Waals surface area (Å²) in [4.78, 5) is 4.42. The van der Waals surface area contributed by atoms with Crippen LogP contribution in [0.2, 0.25) is 0 Å². The van der Waals surface area contributed by atoms with Crippen molar-refractivity contribution in [2.75, 3.05) is 0 Å². The molecule has 3 aromatic rings. The van der Waals surface area contributed by atoms with Crippen LogP contribution in [0.4, 0.5) is 13.2 Å². The molecular formula is C16H12F3IN2O. The molecule has 120 valence electrons. The number of nitrogens with zero attached hydrogens (tertiary/aromatic N) is 2. The van der Waals surface area contributed by atoms with Crippen molar-refractivity contribution in [1.82, 2.24) is 9.55 Å². The summed E-state index contributed by atoms with van der Waals surface area (Å²) in [5.41, 5.74) is 1.67. The van der Waals surface area contributed by atoms with Crippen molar-refractivity contribution in [1.29, 1.82) is 0 Å². The third-order valence-corrected chi connectivity index (χ3v) is 4.18. The van der Waals surface area contributed by atoms with Crippen LogP contribution in [0.1, 0.15) is 11.4 Å². The average molecular weight is 432 g/mol. The molecule has 0 atom stereocenters. The number of hydrogen-bond acceptors (Lipinski definition) is 2. The van der Waals surface area contributed by atoms with E-state index in [-0.39, 0.29) is 17.9 Å². The second kappa shape index (κ2) is 6.38. The lowest BCUT2D eigenvalue weighted by molar-refractivity contribution is -0.0506. The Bertz CT molecular complexity index is 864. The van der Waals surface area contributed by atoms with Crippen molar-refractivity contribution in [3.05, 3.63) is 57.2 Å². The number of benzene rings is 2. The molecule has 1 aromatic heterocycles. The quantitative estimate of drug-likeness (QED) is 0.558. The van der Waals surface area contributed by atoms with E-state index >= 15 is 0 Å². The summed E-state index contributed by atoms with van der Waals surface area (Å²) in [5, 5.41) is 0. The Morgan fingerprint density at radius 1 is 1.26 bits per heavy atom. The molecule has 0 amide bonds. The SMILES string of the molecule is Cc1nc2ccc(I)cc2n1Cc1c(F)cccc1OC(F)F. The van der Waals surface area contributed by atoms with E-state index in [4.69, 9.17) is 0 Å². The molecule has 0 saturated heterocycles. The zero-order valence-electron chi connectivity index (χ0n) is 12.1. The first-order valence-corrected chi connectivity index (χ1v) is 7.88. The number of halogens is 4. The van der Waals surface area contributed by atoms with Crippen LogP contribution in [0.5, 0.6) is 5.75 Å². The predicted molar refractivity (Wildman–Crippen MR) is 89.3 cm³/mol. The molecule has 23 heavy (non-hydrogen) atoms. The van der Waals surface area contributed by atoms with Gasteiger partial charge >= 0.3 is 6.61 Å². The third kappa shape index (κ3) is 3.29. The standard InChI is InChI=1S/C16H12F3IN2O/c1-9-21-13-6-5-10(20)7-14(13)22(9)8-11-12(17)3-2-4-15(11)23-16(18)19/h2-7,16H,8H2,1H3. The number of alkyl halides is 2. The van der Waals surface area contributed by atoms with E-state index in [1.165, 1.54) is 18.2 Å². The fraction of sp³-hybridized carbons (Fsp3) is 0.188. The summed E-state index contributed by atoms with van der Waals surface area (Å²) in [7, 11) is 0. The number of aryl methyl sites for hydroxylation is 1. The highest BCUT2D eigenvalue weighted by atomic mass is 127. The molecule has 0 spiro atoms. The lowest BCUT2D eigenvalue weighted by atomic mass is 10.1. The lowest BCUT2D eigenvalue weighted by Crippen LogP contribution is -2.09. The highest BCUT2D eigenvalue weighted by Gasteiger charge is 2.16. The zero-order chi connectivity index (χ0) is 16.6. The van der Waals surface area contributed by atoms with Gasteiger partial charge in [0.15, 0.2) is 0 Å². The van der Waals surface area contributed by atoms with Gasteiger partial charge in [0, 0.05) is 9.13 Å². The molecule has 3 nitrogen and oxygen atoms in total. The van der Waals surface area contributed by atoms with Gasteiger partial charge < -0.3 is 9.30 Å². The summed E-state index contributed by atoms with van der Waals surface area (Å²) < 4.78 is 46.4. The van der Waals surface area contributed by atoms with Gasteiger partial charge in [-0.1, -0.05) is 6.07 Å². The minimum absolute atomic E-state index is 0.0666. The molecule has 0 fully saturated rings. The Kier molecular flexibility index (Phi) is 4.47. The van der Waals surface area contributed by atoms with Crippen molar-refractivity contribution < 1.29 is 17.9 Å². The van der Waals surface area contributed by atoms with Gasteiger partial charge in [0.2, 0.25) is 0 Å². The van der Waals surface area contributed by atoms with E-state index in [1.54, 1.807) is 11.5 Å². The largest absolute Gasteiger partial charge is 0.434 e. The maximum atomic E-state index is 14.1. The molecule has 0 bridgehead atoms. The maximum Gasteiger partial charge on any atom is 0.387 e. The summed E-state index contributed by atoms with van der Waals surface area (Å²) in [6, 6.07) is 9.63. The van der Waals surface area contributed by atoms with Crippen LogP contribution < -0.4 is 4.74 Å². The molecule has 2 aromatic carbocycles. The topological polar surface area (TPSA) is 27.1 Å². The average Bonchev–Trinajstić information content (AvgIpc) is 2.77. The first-order valence-electron chi connectivity index (χ1n) is 6.80. The van der Waals surface area contributed by atoms with Crippen LogP contribution in [0, 0.1) is 16.3 Å². The van der Waals surface area contributed by atoms with Crippen molar-refractivity contribution >= 4 is 33.6 Å². The van der Waals surface area contributed by atoms with Gasteiger partial charge in [-0.3, -0.25) is 0 Å². The van der Waals surface area contributed by atoms with E-state index < -0.39 is 12.4 Å². The Labute approximate surface area is 144 Å². The molecule has 0 aliphatic carbocycles. The number of rotatable bonds is 4. The van der Waals surface area contributed by atoms with Crippen LogP contribution >= 0.6 is 22.6 Å². The highest BCUT2D eigenvalue weighted by molar-refractivity contribution is 14.1. The third-order valence-electron chi connectivity index (χ3n) is 3.51. The minimum Gasteiger partial charge on any atom is -0.434 e. The fourth-order valence-corrected chi connectivity index (χ4v) is 2.95. The maximum absolute atomic E-state index is 14.1. The summed E-state index contributed by atoms with van der Waals surface area (Å²) in [6.45, 7) is -1.14. The van der Waals surface area contributed by atoms with Crippen molar-refractivity contribution in [2.45, 2.75) is 20.1 Å². The molecular weight excluding hydrogens is 420 g/mol. The Morgan fingerprint density at radius 2 is 2.04 bits per heavy atom. The summed E-state index contributed by atoms with van der Waals surface area (Å²) in [5.74, 6) is -0.0739. The first-order chi connectivity index (χ1) is 11.0. The molecule has 0 aliphatic rings. The van der Waals surface area contributed by atoms with E-state index in [1.807, 2.05) is 18.2 Å². The normalized spacial score (nSPS) is 11.4. The van der Waals surface area contributed by atoms with Gasteiger partial charge in [-0.05, 0) is 59.8 Å². The highest BCUT2D eigenvalue weighted by Crippen LogP contribution is 2.27. The van der Waals surface area contributed by atoms with Gasteiger partial charge in [0.25, 0.3) is 0 Å². The van der Waals surface area contributed by atoms with Gasteiger partial charge in [0.1, 0.15) is 17.4 Å². The van der Waals surface area contributed by atoms with Gasteiger partial charge in [-0.2, -0.15) is 8.78 Å². The Morgan fingerprint density at radius 3 is 2.78 bits per heavy atom. The molecule has 7 heteroatoms. The van der Waals surface area contributed by atoms with E-state index in [0.29, 0.717) is 5.82 Å². The number of aromatic nitrogens is 2.